The standard InChI is InChI=1S/C16H11BrN2O/c17-15-14(6-3-9-18-15)19-16(20)13-8-7-11-4-1-2-5-12(11)10-13/h1-10H,(H,19,20). The quantitative estimate of drug-likeness (QED) is 0.715. The van der Waals surface area contributed by atoms with Crippen LogP contribution in [-0.2, 0) is 0 Å². The molecular formula is C16H11BrN2O. The van der Waals surface area contributed by atoms with Crippen molar-refractivity contribution in [1.82, 2.24) is 4.98 Å². The molecule has 0 aliphatic carbocycles. The molecule has 1 N–H and O–H groups in total. The number of aromatic nitrogens is 1. The molecule has 0 fully saturated rings. The molecule has 1 heterocycles. The highest BCUT2D eigenvalue weighted by Crippen LogP contribution is 2.20. The van der Waals surface area contributed by atoms with Gasteiger partial charge in [0, 0.05) is 11.8 Å². The molecule has 0 atom stereocenters. The van der Waals surface area contributed by atoms with Crippen LogP contribution in [-0.4, -0.2) is 10.9 Å². The van der Waals surface area contributed by atoms with Gasteiger partial charge in [-0.2, -0.15) is 0 Å². The van der Waals surface area contributed by atoms with E-state index in [1.165, 1.54) is 0 Å². The maximum Gasteiger partial charge on any atom is 0.255 e. The summed E-state index contributed by atoms with van der Waals surface area (Å²) in [5.41, 5.74) is 1.28. The van der Waals surface area contributed by atoms with Crippen molar-refractivity contribution >= 4 is 38.3 Å². The maximum atomic E-state index is 12.3. The van der Waals surface area contributed by atoms with Crippen LogP contribution in [0.4, 0.5) is 5.69 Å². The van der Waals surface area contributed by atoms with Crippen LogP contribution < -0.4 is 5.32 Å². The van der Waals surface area contributed by atoms with Crippen LogP contribution in [0.2, 0.25) is 0 Å². The summed E-state index contributed by atoms with van der Waals surface area (Å²) < 4.78 is 0.620. The Morgan fingerprint density at radius 3 is 2.60 bits per heavy atom. The first-order chi connectivity index (χ1) is 9.74. The Balaban J connectivity index is 1.91. The normalized spacial score (nSPS) is 10.4. The van der Waals surface area contributed by atoms with E-state index in [4.69, 9.17) is 0 Å². The van der Waals surface area contributed by atoms with E-state index in [1.807, 2.05) is 42.5 Å². The predicted molar refractivity (Wildman–Crippen MR) is 83.8 cm³/mol. The Bertz CT molecular complexity index is 786. The molecule has 3 nitrogen and oxygen atoms in total. The smallest absolute Gasteiger partial charge is 0.255 e. The summed E-state index contributed by atoms with van der Waals surface area (Å²) in [6.07, 6.45) is 1.66. The summed E-state index contributed by atoms with van der Waals surface area (Å²) >= 11 is 3.31. The highest BCUT2D eigenvalue weighted by Gasteiger charge is 2.09. The number of rotatable bonds is 2. The molecule has 1 aromatic heterocycles. The second kappa shape index (κ2) is 5.43. The van der Waals surface area contributed by atoms with Gasteiger partial charge in [-0.3, -0.25) is 4.79 Å². The second-order valence-corrected chi connectivity index (χ2v) is 5.11. The molecule has 0 bridgehead atoms. The third-order valence-electron chi connectivity index (χ3n) is 3.02. The lowest BCUT2D eigenvalue weighted by atomic mass is 10.1. The number of anilines is 1. The molecule has 0 aliphatic heterocycles. The minimum absolute atomic E-state index is 0.149. The van der Waals surface area contributed by atoms with E-state index in [0.29, 0.717) is 15.9 Å². The van der Waals surface area contributed by atoms with Crippen molar-refractivity contribution in [2.75, 3.05) is 5.32 Å². The second-order valence-electron chi connectivity index (χ2n) is 4.36. The maximum absolute atomic E-state index is 12.3. The van der Waals surface area contributed by atoms with Gasteiger partial charge in [0.1, 0.15) is 4.60 Å². The van der Waals surface area contributed by atoms with Crippen LogP contribution in [0.3, 0.4) is 0 Å². The van der Waals surface area contributed by atoms with Crippen LogP contribution >= 0.6 is 15.9 Å². The molecule has 2 aromatic carbocycles. The molecule has 3 rings (SSSR count). The highest BCUT2D eigenvalue weighted by atomic mass is 79.9. The summed E-state index contributed by atoms with van der Waals surface area (Å²) in [6, 6.07) is 17.2. The zero-order valence-electron chi connectivity index (χ0n) is 10.5. The minimum atomic E-state index is -0.149. The van der Waals surface area contributed by atoms with Gasteiger partial charge in [-0.1, -0.05) is 30.3 Å². The Hall–Kier alpha value is -2.20. The fourth-order valence-corrected chi connectivity index (χ4v) is 2.35. The summed E-state index contributed by atoms with van der Waals surface area (Å²) in [7, 11) is 0. The lowest BCUT2D eigenvalue weighted by Gasteiger charge is -2.07. The van der Waals surface area contributed by atoms with Crippen LogP contribution in [0.15, 0.2) is 65.4 Å². The lowest BCUT2D eigenvalue weighted by molar-refractivity contribution is 0.102. The molecule has 4 heteroatoms. The van der Waals surface area contributed by atoms with E-state index in [1.54, 1.807) is 18.3 Å². The zero-order chi connectivity index (χ0) is 13.9. The summed E-state index contributed by atoms with van der Waals surface area (Å²) in [5.74, 6) is -0.149. The fourth-order valence-electron chi connectivity index (χ4n) is 2.00. The molecule has 1 amide bonds. The Morgan fingerprint density at radius 1 is 1.00 bits per heavy atom. The highest BCUT2D eigenvalue weighted by molar-refractivity contribution is 9.10. The number of amides is 1. The first kappa shape index (κ1) is 12.8. The number of carbonyl (C=O) groups is 1. The number of fused-ring (bicyclic) bond motifs is 1. The van der Waals surface area contributed by atoms with Crippen molar-refractivity contribution in [1.29, 1.82) is 0 Å². The van der Waals surface area contributed by atoms with Crippen molar-refractivity contribution in [3.63, 3.8) is 0 Å². The number of nitrogens with zero attached hydrogens (tertiary/aromatic N) is 1. The SMILES string of the molecule is O=C(Nc1cccnc1Br)c1ccc2ccccc2c1. The van der Waals surface area contributed by atoms with Gasteiger partial charge < -0.3 is 5.32 Å². The molecule has 20 heavy (non-hydrogen) atoms. The molecule has 0 aliphatic rings. The number of nitrogens with one attached hydrogen (secondary N) is 1. The summed E-state index contributed by atoms with van der Waals surface area (Å²) in [6.45, 7) is 0. The first-order valence-electron chi connectivity index (χ1n) is 6.15. The molecule has 0 unspecified atom stereocenters. The number of hydrogen-bond acceptors (Lipinski definition) is 2. The first-order valence-corrected chi connectivity index (χ1v) is 6.94. The number of halogens is 1. The van der Waals surface area contributed by atoms with E-state index in [0.717, 1.165) is 10.8 Å². The lowest BCUT2D eigenvalue weighted by Crippen LogP contribution is -2.12. The number of pyridine rings is 1. The molecule has 0 saturated heterocycles. The van der Waals surface area contributed by atoms with Gasteiger partial charge in [-0.05, 0) is 51.0 Å². The Morgan fingerprint density at radius 2 is 1.80 bits per heavy atom. The van der Waals surface area contributed by atoms with Crippen molar-refractivity contribution in [3.05, 3.63) is 71.0 Å². The van der Waals surface area contributed by atoms with E-state index >= 15 is 0 Å². The minimum Gasteiger partial charge on any atom is -0.320 e. The summed E-state index contributed by atoms with van der Waals surface area (Å²) in [4.78, 5) is 16.3. The molecule has 0 saturated carbocycles. The van der Waals surface area contributed by atoms with Crippen LogP contribution in [0.1, 0.15) is 10.4 Å². The number of benzene rings is 2. The predicted octanol–water partition coefficient (Wildman–Crippen LogP) is 4.25. The Labute approximate surface area is 124 Å². The van der Waals surface area contributed by atoms with Crippen LogP contribution in [0, 0.1) is 0 Å². The topological polar surface area (TPSA) is 42.0 Å². The Kier molecular flexibility index (Phi) is 3.48. The molecular weight excluding hydrogens is 316 g/mol. The molecule has 98 valence electrons. The number of hydrogen-bond donors (Lipinski definition) is 1. The fraction of sp³-hybridized carbons (Fsp3) is 0. The molecule has 0 spiro atoms. The third-order valence-corrected chi connectivity index (χ3v) is 3.65. The van der Waals surface area contributed by atoms with Crippen molar-refractivity contribution in [3.8, 4) is 0 Å². The average Bonchev–Trinajstić information content (AvgIpc) is 2.49. The van der Waals surface area contributed by atoms with Gasteiger partial charge in [0.05, 0.1) is 5.69 Å². The van der Waals surface area contributed by atoms with E-state index in [-0.39, 0.29) is 5.91 Å². The van der Waals surface area contributed by atoms with Gasteiger partial charge in [0.2, 0.25) is 0 Å². The van der Waals surface area contributed by atoms with Crippen molar-refractivity contribution in [2.24, 2.45) is 0 Å². The van der Waals surface area contributed by atoms with Crippen molar-refractivity contribution in [2.45, 2.75) is 0 Å². The largest absolute Gasteiger partial charge is 0.320 e. The van der Waals surface area contributed by atoms with Crippen LogP contribution in [0.25, 0.3) is 10.8 Å². The van der Waals surface area contributed by atoms with Gasteiger partial charge in [0.25, 0.3) is 5.91 Å². The van der Waals surface area contributed by atoms with Gasteiger partial charge in [-0.15, -0.1) is 0 Å². The van der Waals surface area contributed by atoms with Crippen LogP contribution in [0.5, 0.6) is 0 Å². The van der Waals surface area contributed by atoms with E-state index in [2.05, 4.69) is 26.2 Å². The molecule has 3 aromatic rings. The van der Waals surface area contributed by atoms with E-state index < -0.39 is 0 Å². The number of carbonyl (C=O) groups excluding carboxylic acids is 1. The monoisotopic (exact) mass is 326 g/mol. The van der Waals surface area contributed by atoms with Gasteiger partial charge in [0.15, 0.2) is 0 Å². The van der Waals surface area contributed by atoms with Gasteiger partial charge >= 0.3 is 0 Å². The van der Waals surface area contributed by atoms with Crippen molar-refractivity contribution < 1.29 is 4.79 Å². The molecule has 0 radical (unpaired) electrons. The zero-order valence-corrected chi connectivity index (χ0v) is 12.1. The van der Waals surface area contributed by atoms with Gasteiger partial charge in [-0.25, -0.2) is 4.98 Å². The average molecular weight is 327 g/mol. The van der Waals surface area contributed by atoms with E-state index in [9.17, 15) is 4.79 Å². The third kappa shape index (κ3) is 2.56. The summed E-state index contributed by atoms with van der Waals surface area (Å²) in [5, 5.41) is 5.01.